The van der Waals surface area contributed by atoms with E-state index in [0.29, 0.717) is 0 Å². The summed E-state index contributed by atoms with van der Waals surface area (Å²) < 4.78 is 7.03. The number of aromatic nitrogens is 1. The summed E-state index contributed by atoms with van der Waals surface area (Å²) in [5.41, 5.74) is 1.13. The molecular formula is C19H19N3O3. The van der Waals surface area contributed by atoms with Gasteiger partial charge in [-0.25, -0.2) is 0 Å². The van der Waals surface area contributed by atoms with E-state index in [9.17, 15) is 9.59 Å². The topological polar surface area (TPSA) is 54.8 Å². The molecule has 3 heterocycles. The first-order chi connectivity index (χ1) is 12.1. The second kappa shape index (κ2) is 5.81. The molecule has 0 aliphatic carbocycles. The number of rotatable bonds is 2. The third kappa shape index (κ3) is 2.25. The molecule has 0 saturated carbocycles. The fourth-order valence-electron chi connectivity index (χ4n) is 3.64. The minimum atomic E-state index is -0.294. The van der Waals surface area contributed by atoms with Crippen molar-refractivity contribution in [3.05, 3.63) is 76.2 Å². The van der Waals surface area contributed by atoms with E-state index in [-0.39, 0.29) is 35.0 Å². The van der Waals surface area contributed by atoms with Crippen LogP contribution in [0.4, 0.5) is 0 Å². The Morgan fingerprint density at radius 2 is 1.88 bits per heavy atom. The molecule has 6 heteroatoms. The molecule has 2 atom stereocenters. The number of methoxy groups -OCH3 is 1. The molecule has 0 saturated heterocycles. The summed E-state index contributed by atoms with van der Waals surface area (Å²) in [5.74, 6) is -0.145. The number of benzene rings is 1. The number of pyridine rings is 1. The first kappa shape index (κ1) is 15.5. The molecule has 128 valence electrons. The second-order valence-corrected chi connectivity index (χ2v) is 6.21. The number of hydrogen-bond acceptors (Lipinski definition) is 4. The Morgan fingerprint density at radius 1 is 1.12 bits per heavy atom. The highest BCUT2D eigenvalue weighted by Gasteiger charge is 2.41. The summed E-state index contributed by atoms with van der Waals surface area (Å²) in [4.78, 5) is 26.7. The summed E-state index contributed by atoms with van der Waals surface area (Å²) in [6.45, 7) is 0. The number of nitrogens with zero attached hydrogens (tertiary/aromatic N) is 3. The Morgan fingerprint density at radius 3 is 2.60 bits per heavy atom. The number of ether oxygens (including phenoxy) is 1. The maximum atomic E-state index is 12.9. The van der Waals surface area contributed by atoms with E-state index in [2.05, 4.69) is 23.2 Å². The summed E-state index contributed by atoms with van der Waals surface area (Å²) in [7, 11) is 3.17. The monoisotopic (exact) mass is 337 g/mol. The van der Waals surface area contributed by atoms with Crippen molar-refractivity contribution < 1.29 is 9.53 Å². The van der Waals surface area contributed by atoms with Gasteiger partial charge in [-0.05, 0) is 18.1 Å². The molecule has 2 aromatic rings. The highest BCUT2D eigenvalue weighted by atomic mass is 16.5. The van der Waals surface area contributed by atoms with E-state index >= 15 is 0 Å². The van der Waals surface area contributed by atoms with Crippen molar-refractivity contribution in [3.8, 4) is 5.75 Å². The van der Waals surface area contributed by atoms with Gasteiger partial charge >= 0.3 is 0 Å². The number of carbonyl (C=O) groups is 1. The van der Waals surface area contributed by atoms with Gasteiger partial charge in [-0.2, -0.15) is 0 Å². The normalized spacial score (nSPS) is 21.8. The second-order valence-electron chi connectivity index (χ2n) is 6.21. The third-order valence-corrected chi connectivity index (χ3v) is 4.85. The molecule has 2 aliphatic rings. The molecule has 1 aromatic heterocycles. The maximum Gasteiger partial charge on any atom is 0.278 e. The van der Waals surface area contributed by atoms with Crippen LogP contribution in [0.3, 0.4) is 0 Å². The fourth-order valence-corrected chi connectivity index (χ4v) is 3.64. The molecule has 1 aromatic carbocycles. The summed E-state index contributed by atoms with van der Waals surface area (Å²) >= 11 is 0. The first-order valence-electron chi connectivity index (χ1n) is 8.20. The van der Waals surface area contributed by atoms with Crippen molar-refractivity contribution in [2.45, 2.75) is 18.6 Å². The average molecular weight is 337 g/mol. The lowest BCUT2D eigenvalue weighted by atomic mass is 9.98. The Kier molecular flexibility index (Phi) is 3.60. The van der Waals surface area contributed by atoms with E-state index in [1.807, 2.05) is 24.3 Å². The van der Waals surface area contributed by atoms with Crippen LogP contribution in [0.2, 0.25) is 0 Å². The van der Waals surface area contributed by atoms with Crippen LogP contribution in [0.1, 0.15) is 28.5 Å². The van der Waals surface area contributed by atoms with Crippen molar-refractivity contribution in [3.63, 3.8) is 0 Å². The summed E-state index contributed by atoms with van der Waals surface area (Å²) in [5, 5.41) is 2.12. The Bertz CT molecular complexity index is 904. The van der Waals surface area contributed by atoms with E-state index in [1.165, 1.54) is 13.2 Å². The minimum absolute atomic E-state index is 0.0534. The van der Waals surface area contributed by atoms with Crippen LogP contribution < -0.4 is 15.2 Å². The van der Waals surface area contributed by atoms with Gasteiger partial charge in [-0.3, -0.25) is 19.3 Å². The van der Waals surface area contributed by atoms with Crippen molar-refractivity contribution in [2.24, 2.45) is 0 Å². The number of hydrogen-bond donors (Lipinski definition) is 0. The lowest BCUT2D eigenvalue weighted by Crippen LogP contribution is -2.61. The predicted octanol–water partition coefficient (Wildman–Crippen LogP) is 1.91. The molecule has 0 N–H and O–H groups in total. The molecule has 0 radical (unpaired) electrons. The van der Waals surface area contributed by atoms with Gasteiger partial charge in [-0.15, -0.1) is 0 Å². The van der Waals surface area contributed by atoms with Crippen LogP contribution in [0.5, 0.6) is 5.75 Å². The van der Waals surface area contributed by atoms with Gasteiger partial charge < -0.3 is 9.64 Å². The SMILES string of the molecule is COc1c2n(ccc1=O)N1[C@H](c3ccccc3)CC=C[C@H]1N(C)C2=O. The highest BCUT2D eigenvalue weighted by Crippen LogP contribution is 2.35. The number of amides is 1. The molecule has 6 nitrogen and oxygen atoms in total. The molecule has 2 aliphatic heterocycles. The number of carbonyl (C=O) groups excluding carboxylic acids is 1. The van der Waals surface area contributed by atoms with Crippen molar-refractivity contribution in [1.82, 2.24) is 9.58 Å². The van der Waals surface area contributed by atoms with E-state index in [1.54, 1.807) is 22.8 Å². The first-order valence-corrected chi connectivity index (χ1v) is 8.20. The summed E-state index contributed by atoms with van der Waals surface area (Å²) in [6.07, 6.45) is 6.38. The summed E-state index contributed by atoms with van der Waals surface area (Å²) in [6, 6.07) is 11.7. The highest BCUT2D eigenvalue weighted by molar-refractivity contribution is 5.96. The van der Waals surface area contributed by atoms with Gasteiger partial charge in [0.25, 0.3) is 5.91 Å². The molecule has 0 fully saturated rings. The Balaban J connectivity index is 1.94. The number of likely N-dealkylation sites (N-methyl/N-ethyl adjacent to an activating group) is 1. The average Bonchev–Trinajstić information content (AvgIpc) is 2.66. The zero-order valence-corrected chi connectivity index (χ0v) is 14.1. The maximum absolute atomic E-state index is 12.9. The lowest BCUT2D eigenvalue weighted by molar-refractivity contribution is 0.0654. The van der Waals surface area contributed by atoms with Crippen molar-refractivity contribution in [2.75, 3.05) is 19.2 Å². The van der Waals surface area contributed by atoms with Crippen LogP contribution >= 0.6 is 0 Å². The molecule has 0 bridgehead atoms. The fraction of sp³-hybridized carbons (Fsp3) is 0.263. The molecule has 0 spiro atoms. The number of fused-ring (bicyclic) bond motifs is 3. The molecule has 0 unspecified atom stereocenters. The minimum Gasteiger partial charge on any atom is -0.491 e. The standard InChI is InChI=1S/C19H19N3O3/c1-20-16-10-6-9-14(13-7-4-3-5-8-13)22(16)21-12-11-15(23)18(25-2)17(21)19(20)24/h3-8,10-12,14,16H,9H2,1-2H3/t14-,16-/m0/s1. The van der Waals surface area contributed by atoms with Gasteiger partial charge in [-0.1, -0.05) is 36.4 Å². The van der Waals surface area contributed by atoms with Crippen molar-refractivity contribution >= 4 is 5.91 Å². The third-order valence-electron chi connectivity index (χ3n) is 4.85. The van der Waals surface area contributed by atoms with Gasteiger partial charge in [0.1, 0.15) is 6.17 Å². The van der Waals surface area contributed by atoms with Crippen LogP contribution in [-0.2, 0) is 0 Å². The Hall–Kier alpha value is -3.02. The van der Waals surface area contributed by atoms with Gasteiger partial charge in [0.2, 0.25) is 5.43 Å². The van der Waals surface area contributed by atoms with Crippen LogP contribution in [-0.4, -0.2) is 35.8 Å². The van der Waals surface area contributed by atoms with E-state index in [0.717, 1.165) is 12.0 Å². The van der Waals surface area contributed by atoms with E-state index in [4.69, 9.17) is 4.74 Å². The molecule has 1 amide bonds. The zero-order chi connectivity index (χ0) is 17.6. The van der Waals surface area contributed by atoms with Gasteiger partial charge in [0.05, 0.1) is 13.2 Å². The van der Waals surface area contributed by atoms with Gasteiger partial charge in [0.15, 0.2) is 11.4 Å². The zero-order valence-electron chi connectivity index (χ0n) is 14.1. The Labute approximate surface area is 145 Å². The van der Waals surface area contributed by atoms with Crippen LogP contribution in [0, 0.1) is 0 Å². The molecular weight excluding hydrogens is 318 g/mol. The van der Waals surface area contributed by atoms with Gasteiger partial charge in [0, 0.05) is 19.3 Å². The van der Waals surface area contributed by atoms with E-state index < -0.39 is 0 Å². The van der Waals surface area contributed by atoms with Crippen LogP contribution in [0.25, 0.3) is 0 Å². The quantitative estimate of drug-likeness (QED) is 0.786. The largest absolute Gasteiger partial charge is 0.491 e. The smallest absolute Gasteiger partial charge is 0.278 e. The lowest BCUT2D eigenvalue weighted by Gasteiger charge is -2.49. The molecule has 25 heavy (non-hydrogen) atoms. The van der Waals surface area contributed by atoms with Crippen LogP contribution in [0.15, 0.2) is 59.5 Å². The molecule has 4 rings (SSSR count). The predicted molar refractivity (Wildman–Crippen MR) is 94.3 cm³/mol. The van der Waals surface area contributed by atoms with Crippen molar-refractivity contribution in [1.29, 1.82) is 0 Å².